The fraction of sp³-hybridized carbons (Fsp3) is 1.00. The molecular weight excluding hydrogens is 222 g/mol. The number of hydrogen-bond acceptors (Lipinski definition) is 2. The van der Waals surface area contributed by atoms with Crippen LogP contribution in [-0.2, 0) is 4.74 Å². The molecule has 1 aliphatic heterocycles. The Labute approximate surface area is 113 Å². The van der Waals surface area contributed by atoms with Gasteiger partial charge in [0.1, 0.15) is 0 Å². The molecule has 0 aromatic carbocycles. The van der Waals surface area contributed by atoms with Crippen LogP contribution >= 0.6 is 0 Å². The molecule has 1 saturated heterocycles. The van der Waals surface area contributed by atoms with Gasteiger partial charge in [-0.05, 0) is 58.8 Å². The van der Waals surface area contributed by atoms with Crippen LogP contribution in [0.1, 0.15) is 73.1 Å². The molecule has 2 heteroatoms. The van der Waals surface area contributed by atoms with Gasteiger partial charge in [-0.1, -0.05) is 19.8 Å². The second-order valence-corrected chi connectivity index (χ2v) is 7.66. The first kappa shape index (κ1) is 14.3. The minimum Gasteiger partial charge on any atom is -0.368 e. The van der Waals surface area contributed by atoms with Crippen LogP contribution in [-0.4, -0.2) is 23.8 Å². The van der Waals surface area contributed by atoms with Crippen molar-refractivity contribution in [3.63, 3.8) is 0 Å². The Morgan fingerprint density at radius 3 is 2.17 bits per heavy atom. The average Bonchev–Trinajstić information content (AvgIpc) is 2.78. The number of rotatable bonds is 4. The van der Waals surface area contributed by atoms with Crippen molar-refractivity contribution in [2.45, 2.75) is 90.4 Å². The molecule has 0 bridgehead atoms. The molecule has 106 valence electrons. The predicted molar refractivity (Wildman–Crippen MR) is 76.8 cm³/mol. The average molecular weight is 253 g/mol. The van der Waals surface area contributed by atoms with Gasteiger partial charge in [0, 0.05) is 12.6 Å². The van der Waals surface area contributed by atoms with Crippen molar-refractivity contribution < 1.29 is 4.74 Å². The Hall–Kier alpha value is -0.0800. The first-order valence-corrected chi connectivity index (χ1v) is 7.72. The maximum atomic E-state index is 6.17. The third-order valence-electron chi connectivity index (χ3n) is 5.21. The maximum absolute atomic E-state index is 6.17. The van der Waals surface area contributed by atoms with Gasteiger partial charge in [0.15, 0.2) is 0 Å². The lowest BCUT2D eigenvalue weighted by Crippen LogP contribution is -2.47. The lowest BCUT2D eigenvalue weighted by atomic mass is 9.82. The maximum Gasteiger partial charge on any atom is 0.0787 e. The van der Waals surface area contributed by atoms with E-state index in [1.165, 1.54) is 38.6 Å². The third-order valence-corrected chi connectivity index (χ3v) is 5.21. The van der Waals surface area contributed by atoms with Crippen LogP contribution in [0.2, 0.25) is 0 Å². The third kappa shape index (κ3) is 2.91. The quantitative estimate of drug-likeness (QED) is 0.820. The van der Waals surface area contributed by atoms with Crippen LogP contribution in [0.15, 0.2) is 0 Å². The van der Waals surface area contributed by atoms with Crippen molar-refractivity contribution in [1.82, 2.24) is 5.32 Å². The molecule has 1 atom stereocenters. The zero-order valence-electron chi connectivity index (χ0n) is 12.9. The fourth-order valence-corrected chi connectivity index (χ4v) is 4.00. The molecule has 1 heterocycles. The van der Waals surface area contributed by atoms with Gasteiger partial charge in [0.2, 0.25) is 0 Å². The lowest BCUT2D eigenvalue weighted by molar-refractivity contribution is -0.0703. The highest BCUT2D eigenvalue weighted by atomic mass is 16.5. The van der Waals surface area contributed by atoms with Gasteiger partial charge in [0.05, 0.1) is 11.2 Å². The van der Waals surface area contributed by atoms with E-state index >= 15 is 0 Å². The van der Waals surface area contributed by atoms with E-state index in [1.807, 2.05) is 0 Å². The Morgan fingerprint density at radius 1 is 1.11 bits per heavy atom. The van der Waals surface area contributed by atoms with Gasteiger partial charge in [-0.3, -0.25) is 0 Å². The minimum atomic E-state index is -0.0307. The zero-order valence-corrected chi connectivity index (χ0v) is 12.9. The highest BCUT2D eigenvalue weighted by Gasteiger charge is 2.46. The highest BCUT2D eigenvalue weighted by molar-refractivity contribution is 5.00. The summed E-state index contributed by atoms with van der Waals surface area (Å²) in [5.41, 5.74) is 0.566. The monoisotopic (exact) mass is 253 g/mol. The van der Waals surface area contributed by atoms with Crippen LogP contribution in [0.3, 0.4) is 0 Å². The van der Waals surface area contributed by atoms with Gasteiger partial charge in [0.25, 0.3) is 0 Å². The van der Waals surface area contributed by atoms with E-state index in [9.17, 15) is 0 Å². The molecule has 1 N–H and O–H groups in total. The Balaban J connectivity index is 1.94. The molecule has 0 radical (unpaired) electrons. The van der Waals surface area contributed by atoms with Crippen LogP contribution in [0.5, 0.6) is 0 Å². The van der Waals surface area contributed by atoms with Gasteiger partial charge >= 0.3 is 0 Å². The molecule has 2 rings (SSSR count). The Bertz CT molecular complexity index is 289. The second-order valence-electron chi connectivity index (χ2n) is 7.66. The van der Waals surface area contributed by atoms with E-state index in [0.717, 1.165) is 6.42 Å². The summed E-state index contributed by atoms with van der Waals surface area (Å²) in [7, 11) is 0. The normalized spacial score (nSPS) is 32.8. The van der Waals surface area contributed by atoms with Gasteiger partial charge < -0.3 is 10.1 Å². The molecule has 0 aromatic heterocycles. The van der Waals surface area contributed by atoms with Gasteiger partial charge in [-0.2, -0.15) is 0 Å². The summed E-state index contributed by atoms with van der Waals surface area (Å²) >= 11 is 0. The number of ether oxygens (including phenoxy) is 1. The van der Waals surface area contributed by atoms with Crippen LogP contribution < -0.4 is 5.32 Å². The van der Waals surface area contributed by atoms with Crippen molar-refractivity contribution in [3.8, 4) is 0 Å². The second kappa shape index (κ2) is 4.79. The molecule has 1 saturated carbocycles. The number of nitrogens with one attached hydrogen (secondary N) is 1. The van der Waals surface area contributed by atoms with Crippen molar-refractivity contribution in [1.29, 1.82) is 0 Å². The summed E-state index contributed by atoms with van der Waals surface area (Å²) in [5, 5.41) is 3.84. The van der Waals surface area contributed by atoms with E-state index in [2.05, 4.69) is 39.9 Å². The smallest absolute Gasteiger partial charge is 0.0787 e. The summed E-state index contributed by atoms with van der Waals surface area (Å²) in [4.78, 5) is 0. The molecule has 18 heavy (non-hydrogen) atoms. The standard InChI is InChI=1S/C16H31NO/c1-6-16(9-7-8-10-16)12-17-13-11-14(2,3)18-15(13,4)5/h13,17H,6-12H2,1-5H3. The summed E-state index contributed by atoms with van der Waals surface area (Å²) in [5.74, 6) is 0. The van der Waals surface area contributed by atoms with E-state index in [-0.39, 0.29) is 11.2 Å². The fourth-order valence-electron chi connectivity index (χ4n) is 4.00. The molecule has 0 spiro atoms. The molecule has 0 aromatic rings. The summed E-state index contributed by atoms with van der Waals surface area (Å²) in [6, 6.07) is 0.497. The SMILES string of the molecule is CCC1(CNC2CC(C)(C)OC2(C)C)CCCC1. The van der Waals surface area contributed by atoms with Crippen LogP contribution in [0.4, 0.5) is 0 Å². The molecule has 0 amide bonds. The minimum absolute atomic E-state index is 0.0240. The van der Waals surface area contributed by atoms with E-state index in [1.54, 1.807) is 0 Å². The summed E-state index contributed by atoms with van der Waals surface area (Å²) < 4.78 is 6.17. The van der Waals surface area contributed by atoms with Gasteiger partial charge in [-0.15, -0.1) is 0 Å². The summed E-state index contributed by atoms with van der Waals surface area (Å²) in [6.45, 7) is 12.4. The zero-order chi connectivity index (χ0) is 13.4. The molecule has 2 aliphatic rings. The van der Waals surface area contributed by atoms with E-state index in [4.69, 9.17) is 4.74 Å². The topological polar surface area (TPSA) is 21.3 Å². The molecule has 1 aliphatic carbocycles. The van der Waals surface area contributed by atoms with Crippen molar-refractivity contribution in [2.75, 3.05) is 6.54 Å². The first-order valence-electron chi connectivity index (χ1n) is 7.72. The largest absolute Gasteiger partial charge is 0.368 e. The van der Waals surface area contributed by atoms with E-state index < -0.39 is 0 Å². The lowest BCUT2D eigenvalue weighted by Gasteiger charge is -2.33. The molecular formula is C16H31NO. The van der Waals surface area contributed by atoms with Crippen molar-refractivity contribution in [2.24, 2.45) is 5.41 Å². The van der Waals surface area contributed by atoms with E-state index in [0.29, 0.717) is 11.5 Å². The van der Waals surface area contributed by atoms with Crippen LogP contribution in [0, 0.1) is 5.41 Å². The molecule has 1 unspecified atom stereocenters. The Morgan fingerprint density at radius 2 is 1.72 bits per heavy atom. The summed E-state index contributed by atoms with van der Waals surface area (Å²) in [6.07, 6.45) is 8.11. The van der Waals surface area contributed by atoms with Gasteiger partial charge in [-0.25, -0.2) is 0 Å². The molecule has 2 nitrogen and oxygen atoms in total. The Kier molecular flexibility index (Phi) is 3.81. The van der Waals surface area contributed by atoms with Crippen molar-refractivity contribution >= 4 is 0 Å². The highest BCUT2D eigenvalue weighted by Crippen LogP contribution is 2.42. The van der Waals surface area contributed by atoms with Crippen molar-refractivity contribution in [3.05, 3.63) is 0 Å². The first-order chi connectivity index (χ1) is 8.29. The molecule has 2 fully saturated rings. The predicted octanol–water partition coefficient (Wildman–Crippen LogP) is 3.89. The number of hydrogen-bond donors (Lipinski definition) is 1. The van der Waals surface area contributed by atoms with Crippen LogP contribution in [0.25, 0.3) is 0 Å².